The lowest BCUT2D eigenvalue weighted by atomic mass is 10.0. The van der Waals surface area contributed by atoms with Crippen LogP contribution in [0.1, 0.15) is 34.3 Å². The number of piperidine rings is 1. The van der Waals surface area contributed by atoms with Crippen molar-refractivity contribution in [3.05, 3.63) is 71.3 Å². The van der Waals surface area contributed by atoms with Crippen molar-refractivity contribution < 1.29 is 9.59 Å². The lowest BCUT2D eigenvalue weighted by Gasteiger charge is -2.37. The first-order valence-electron chi connectivity index (χ1n) is 9.42. The third-order valence-electron chi connectivity index (χ3n) is 5.58. The number of ketones is 1. The molecular weight excluding hydrogens is 324 g/mol. The molecule has 4 rings (SSSR count). The predicted molar refractivity (Wildman–Crippen MR) is 101 cm³/mol. The standard InChI is InChI=1S/C22H24N2O2/c25-21(16-7-2-1-3-8-16)22(26)23-19-11-6-12-24(15-19)20-13-17-9-4-5-10-18(17)14-20/h1-5,7-10,19-20H,6,11-15H2,(H,23,26)/t19-/m1/s1. The highest BCUT2D eigenvalue weighted by atomic mass is 16.2. The summed E-state index contributed by atoms with van der Waals surface area (Å²) in [5.41, 5.74) is 3.34. The molecule has 0 bridgehead atoms. The average Bonchev–Trinajstić information content (AvgIpc) is 3.12. The number of likely N-dealkylation sites (tertiary alicyclic amines) is 1. The Kier molecular flexibility index (Phi) is 4.85. The summed E-state index contributed by atoms with van der Waals surface area (Å²) in [5, 5.41) is 2.96. The number of amides is 1. The van der Waals surface area contributed by atoms with Crippen LogP contribution in [0.3, 0.4) is 0 Å². The van der Waals surface area contributed by atoms with Crippen LogP contribution < -0.4 is 5.32 Å². The van der Waals surface area contributed by atoms with Crippen LogP contribution >= 0.6 is 0 Å². The maximum Gasteiger partial charge on any atom is 0.292 e. The van der Waals surface area contributed by atoms with E-state index in [1.807, 2.05) is 6.07 Å². The Morgan fingerprint density at radius 3 is 2.27 bits per heavy atom. The van der Waals surface area contributed by atoms with Crippen LogP contribution in [0.15, 0.2) is 54.6 Å². The second kappa shape index (κ2) is 7.42. The van der Waals surface area contributed by atoms with Gasteiger partial charge in [-0.15, -0.1) is 0 Å². The Hall–Kier alpha value is -2.46. The molecule has 1 N–H and O–H groups in total. The molecule has 4 nitrogen and oxygen atoms in total. The highest BCUT2D eigenvalue weighted by Crippen LogP contribution is 2.27. The fraction of sp³-hybridized carbons (Fsp3) is 0.364. The van der Waals surface area contributed by atoms with E-state index in [-0.39, 0.29) is 6.04 Å². The van der Waals surface area contributed by atoms with Crippen molar-refractivity contribution in [3.63, 3.8) is 0 Å². The van der Waals surface area contributed by atoms with Crippen molar-refractivity contribution >= 4 is 11.7 Å². The first-order chi connectivity index (χ1) is 12.7. The third-order valence-corrected chi connectivity index (χ3v) is 5.58. The summed E-state index contributed by atoms with van der Waals surface area (Å²) in [5.74, 6) is -0.936. The molecule has 1 saturated heterocycles. The summed E-state index contributed by atoms with van der Waals surface area (Å²) in [6.45, 7) is 1.89. The molecular formula is C22H24N2O2. The molecule has 2 aliphatic rings. The molecule has 0 saturated carbocycles. The number of nitrogens with one attached hydrogen (secondary N) is 1. The SMILES string of the molecule is O=C(N[C@@H]1CCCN(C2Cc3ccccc3C2)C1)C(=O)c1ccccc1. The van der Waals surface area contributed by atoms with Gasteiger partial charge in [0.25, 0.3) is 5.91 Å². The van der Waals surface area contributed by atoms with E-state index < -0.39 is 11.7 Å². The van der Waals surface area contributed by atoms with Gasteiger partial charge in [-0.3, -0.25) is 14.5 Å². The lowest BCUT2D eigenvalue weighted by Crippen LogP contribution is -2.52. The Bertz CT molecular complexity index is 778. The van der Waals surface area contributed by atoms with Crippen molar-refractivity contribution in [2.45, 2.75) is 37.8 Å². The quantitative estimate of drug-likeness (QED) is 0.683. The molecule has 2 aromatic carbocycles. The number of nitrogens with zero attached hydrogens (tertiary/aromatic N) is 1. The van der Waals surface area contributed by atoms with Gasteiger partial charge >= 0.3 is 0 Å². The van der Waals surface area contributed by atoms with Crippen LogP contribution in [0.25, 0.3) is 0 Å². The maximum absolute atomic E-state index is 12.3. The zero-order chi connectivity index (χ0) is 17.9. The van der Waals surface area contributed by atoms with E-state index in [0.717, 1.165) is 38.8 Å². The molecule has 0 aromatic heterocycles. The van der Waals surface area contributed by atoms with Crippen molar-refractivity contribution in [1.29, 1.82) is 0 Å². The minimum Gasteiger partial charge on any atom is -0.345 e. The molecule has 26 heavy (non-hydrogen) atoms. The van der Waals surface area contributed by atoms with Gasteiger partial charge in [-0.05, 0) is 43.4 Å². The van der Waals surface area contributed by atoms with Crippen LogP contribution in [-0.4, -0.2) is 41.8 Å². The Labute approximate surface area is 154 Å². The number of benzene rings is 2. The number of Topliss-reactive ketones (excluding diaryl/α,β-unsaturated/α-hetero) is 1. The van der Waals surface area contributed by atoms with E-state index in [9.17, 15) is 9.59 Å². The maximum atomic E-state index is 12.3. The monoisotopic (exact) mass is 348 g/mol. The van der Waals surface area contributed by atoms with Gasteiger partial charge in [0.15, 0.2) is 0 Å². The van der Waals surface area contributed by atoms with Crippen molar-refractivity contribution in [2.75, 3.05) is 13.1 Å². The summed E-state index contributed by atoms with van der Waals surface area (Å²) >= 11 is 0. The van der Waals surface area contributed by atoms with Crippen LogP contribution in [0.2, 0.25) is 0 Å². The van der Waals surface area contributed by atoms with E-state index in [1.54, 1.807) is 24.3 Å². The van der Waals surface area contributed by atoms with E-state index in [1.165, 1.54) is 11.1 Å². The fourth-order valence-electron chi connectivity index (χ4n) is 4.22. The van der Waals surface area contributed by atoms with E-state index in [0.29, 0.717) is 11.6 Å². The lowest BCUT2D eigenvalue weighted by molar-refractivity contribution is -0.118. The van der Waals surface area contributed by atoms with Crippen molar-refractivity contribution in [1.82, 2.24) is 10.2 Å². The van der Waals surface area contributed by atoms with Crippen LogP contribution in [-0.2, 0) is 17.6 Å². The molecule has 134 valence electrons. The second-order valence-electron chi connectivity index (χ2n) is 7.33. The fourth-order valence-corrected chi connectivity index (χ4v) is 4.22. The topological polar surface area (TPSA) is 49.4 Å². The first-order valence-corrected chi connectivity index (χ1v) is 9.42. The molecule has 1 atom stereocenters. The molecule has 4 heteroatoms. The van der Waals surface area contributed by atoms with Gasteiger partial charge in [-0.25, -0.2) is 0 Å². The van der Waals surface area contributed by atoms with Crippen LogP contribution in [0.5, 0.6) is 0 Å². The number of carbonyl (C=O) groups is 2. The summed E-state index contributed by atoms with van der Waals surface area (Å²) in [6.07, 6.45) is 4.15. The van der Waals surface area contributed by atoms with Gasteiger partial charge in [0.2, 0.25) is 5.78 Å². The van der Waals surface area contributed by atoms with Crippen LogP contribution in [0.4, 0.5) is 0 Å². The summed E-state index contributed by atoms with van der Waals surface area (Å²) < 4.78 is 0. The van der Waals surface area contributed by atoms with Gasteiger partial charge in [0.1, 0.15) is 0 Å². The minimum absolute atomic E-state index is 0.0487. The van der Waals surface area contributed by atoms with E-state index >= 15 is 0 Å². The molecule has 0 spiro atoms. The third kappa shape index (κ3) is 3.56. The predicted octanol–water partition coefficient (Wildman–Crippen LogP) is 2.62. The normalized spacial score (nSPS) is 20.5. The second-order valence-corrected chi connectivity index (χ2v) is 7.33. The summed E-state index contributed by atoms with van der Waals surface area (Å²) in [7, 11) is 0. The van der Waals surface area contributed by atoms with E-state index in [4.69, 9.17) is 0 Å². The highest BCUT2D eigenvalue weighted by Gasteiger charge is 2.31. The van der Waals surface area contributed by atoms with Crippen molar-refractivity contribution in [3.8, 4) is 0 Å². The molecule has 1 aliphatic heterocycles. The molecule has 1 aliphatic carbocycles. The molecule has 1 amide bonds. The number of hydrogen-bond donors (Lipinski definition) is 1. The molecule has 1 heterocycles. The van der Waals surface area contributed by atoms with Gasteiger partial charge < -0.3 is 5.32 Å². The Balaban J connectivity index is 1.36. The number of hydrogen-bond acceptors (Lipinski definition) is 3. The molecule has 1 fully saturated rings. The Morgan fingerprint density at radius 1 is 0.923 bits per heavy atom. The van der Waals surface area contributed by atoms with Gasteiger partial charge in [0.05, 0.1) is 0 Å². The molecule has 0 radical (unpaired) electrons. The van der Waals surface area contributed by atoms with Crippen LogP contribution in [0, 0.1) is 0 Å². The smallest absolute Gasteiger partial charge is 0.292 e. The largest absolute Gasteiger partial charge is 0.345 e. The van der Waals surface area contributed by atoms with Gasteiger partial charge in [-0.2, -0.15) is 0 Å². The van der Waals surface area contributed by atoms with E-state index in [2.05, 4.69) is 34.5 Å². The molecule has 2 aromatic rings. The zero-order valence-corrected chi connectivity index (χ0v) is 14.9. The number of rotatable bonds is 4. The van der Waals surface area contributed by atoms with Crippen molar-refractivity contribution in [2.24, 2.45) is 0 Å². The number of carbonyl (C=O) groups excluding carboxylic acids is 2. The molecule has 0 unspecified atom stereocenters. The number of fused-ring (bicyclic) bond motifs is 1. The first kappa shape index (κ1) is 17.0. The van der Waals surface area contributed by atoms with Gasteiger partial charge in [-0.1, -0.05) is 54.6 Å². The summed E-state index contributed by atoms with van der Waals surface area (Å²) in [6, 6.07) is 18.0. The average molecular weight is 348 g/mol. The zero-order valence-electron chi connectivity index (χ0n) is 14.9. The summed E-state index contributed by atoms with van der Waals surface area (Å²) in [4.78, 5) is 27.1. The minimum atomic E-state index is -0.488. The highest BCUT2D eigenvalue weighted by molar-refractivity contribution is 6.42. The Morgan fingerprint density at radius 2 is 1.58 bits per heavy atom. The van der Waals surface area contributed by atoms with Gasteiger partial charge in [0, 0.05) is 24.2 Å².